The molecule has 0 spiro atoms. The van der Waals surface area contributed by atoms with Crippen LogP contribution in [0.25, 0.3) is 6.08 Å². The maximum Gasteiger partial charge on any atom is 0.338 e. The third-order valence-corrected chi connectivity index (χ3v) is 2.75. The summed E-state index contributed by atoms with van der Waals surface area (Å²) >= 11 is 3.36. The lowest BCUT2D eigenvalue weighted by atomic mass is 10.1. The molecule has 15 heavy (non-hydrogen) atoms. The Bertz CT molecular complexity index is 410. The lowest BCUT2D eigenvalue weighted by Gasteiger charge is -1.96. The number of allylic oxidation sites excluding steroid dienone is 1. The highest BCUT2D eigenvalue weighted by molar-refractivity contribution is 9.09. The topological polar surface area (TPSA) is 26.3 Å². The average Bonchev–Trinajstić information content (AvgIpc) is 2.61. The maximum absolute atomic E-state index is 11.2. The van der Waals surface area contributed by atoms with Crippen molar-refractivity contribution in [1.29, 1.82) is 0 Å². The highest BCUT2D eigenvalue weighted by atomic mass is 79.9. The van der Waals surface area contributed by atoms with Crippen LogP contribution in [0.4, 0.5) is 0 Å². The molecule has 0 atom stereocenters. The Labute approximate surface area is 97.1 Å². The van der Waals surface area contributed by atoms with Crippen molar-refractivity contribution >= 4 is 28.0 Å². The third-order valence-electron chi connectivity index (χ3n) is 2.29. The summed E-state index contributed by atoms with van der Waals surface area (Å²) in [6.07, 6.45) is 5.17. The smallest absolute Gasteiger partial charge is 0.338 e. The molecule has 3 heteroatoms. The first kappa shape index (κ1) is 10.4. The van der Waals surface area contributed by atoms with Gasteiger partial charge < -0.3 is 4.74 Å². The minimum Gasteiger partial charge on any atom is -0.457 e. The molecule has 78 valence electrons. The number of benzene rings is 1. The van der Waals surface area contributed by atoms with E-state index in [-0.39, 0.29) is 5.97 Å². The van der Waals surface area contributed by atoms with Gasteiger partial charge in [-0.3, -0.25) is 0 Å². The fourth-order valence-electron chi connectivity index (χ4n) is 1.54. The standard InChI is InChI=1S/C12H11BrO2/c13-6-2-1-3-9-4-5-11-10(7-9)8-15-12(11)14/h1,3-5,7H,2,6,8H2. The number of hydrogen-bond acceptors (Lipinski definition) is 2. The molecule has 0 amide bonds. The zero-order valence-corrected chi connectivity index (χ0v) is 9.79. The Morgan fingerprint density at radius 3 is 3.13 bits per heavy atom. The van der Waals surface area contributed by atoms with Gasteiger partial charge in [0.15, 0.2) is 0 Å². The van der Waals surface area contributed by atoms with Gasteiger partial charge in [0, 0.05) is 10.9 Å². The average molecular weight is 267 g/mol. The van der Waals surface area contributed by atoms with Gasteiger partial charge in [-0.1, -0.05) is 34.1 Å². The van der Waals surface area contributed by atoms with Crippen molar-refractivity contribution in [1.82, 2.24) is 0 Å². The van der Waals surface area contributed by atoms with Crippen LogP contribution in [0.3, 0.4) is 0 Å². The molecule has 0 saturated carbocycles. The van der Waals surface area contributed by atoms with Gasteiger partial charge >= 0.3 is 5.97 Å². The highest BCUT2D eigenvalue weighted by Crippen LogP contribution is 2.21. The molecule has 2 rings (SSSR count). The third kappa shape index (κ3) is 2.29. The van der Waals surface area contributed by atoms with Crippen molar-refractivity contribution in [3.8, 4) is 0 Å². The van der Waals surface area contributed by atoms with Crippen LogP contribution in [0.5, 0.6) is 0 Å². The van der Waals surface area contributed by atoms with E-state index in [1.54, 1.807) is 0 Å². The number of carbonyl (C=O) groups is 1. The van der Waals surface area contributed by atoms with Gasteiger partial charge in [0.05, 0.1) is 5.56 Å². The number of cyclic esters (lactones) is 1. The molecule has 0 aliphatic carbocycles. The Kier molecular flexibility index (Phi) is 3.21. The van der Waals surface area contributed by atoms with E-state index in [2.05, 4.69) is 28.1 Å². The van der Waals surface area contributed by atoms with Gasteiger partial charge in [0.25, 0.3) is 0 Å². The second-order valence-corrected chi connectivity index (χ2v) is 4.17. The summed E-state index contributed by atoms with van der Waals surface area (Å²) in [5, 5.41) is 0.968. The summed E-state index contributed by atoms with van der Waals surface area (Å²) in [5.74, 6) is -0.207. The van der Waals surface area contributed by atoms with Crippen molar-refractivity contribution in [3.63, 3.8) is 0 Å². The van der Waals surface area contributed by atoms with Crippen molar-refractivity contribution in [2.45, 2.75) is 13.0 Å². The fourth-order valence-corrected chi connectivity index (χ4v) is 1.80. The molecule has 0 fully saturated rings. The molecule has 0 bridgehead atoms. The quantitative estimate of drug-likeness (QED) is 0.621. The zero-order chi connectivity index (χ0) is 10.7. The van der Waals surface area contributed by atoms with Crippen LogP contribution in [0.15, 0.2) is 24.3 Å². The van der Waals surface area contributed by atoms with Crippen LogP contribution >= 0.6 is 15.9 Å². The molecular weight excluding hydrogens is 256 g/mol. The van der Waals surface area contributed by atoms with Gasteiger partial charge in [-0.2, -0.15) is 0 Å². The summed E-state index contributed by atoms with van der Waals surface area (Å²) < 4.78 is 4.93. The largest absolute Gasteiger partial charge is 0.457 e. The van der Waals surface area contributed by atoms with Crippen molar-refractivity contribution < 1.29 is 9.53 Å². The highest BCUT2D eigenvalue weighted by Gasteiger charge is 2.20. The summed E-state index contributed by atoms with van der Waals surface area (Å²) in [7, 11) is 0. The summed E-state index contributed by atoms with van der Waals surface area (Å²) in [4.78, 5) is 11.2. The molecule has 1 aromatic carbocycles. The minimum atomic E-state index is -0.207. The number of carbonyl (C=O) groups excluding carboxylic acids is 1. The van der Waals surface area contributed by atoms with E-state index in [0.717, 1.165) is 22.9 Å². The maximum atomic E-state index is 11.2. The van der Waals surface area contributed by atoms with Gasteiger partial charge in [-0.15, -0.1) is 0 Å². The lowest BCUT2D eigenvalue weighted by molar-refractivity contribution is 0.0535. The first-order valence-electron chi connectivity index (χ1n) is 4.84. The molecule has 0 unspecified atom stereocenters. The van der Waals surface area contributed by atoms with Gasteiger partial charge in [0.2, 0.25) is 0 Å². The monoisotopic (exact) mass is 266 g/mol. The van der Waals surface area contributed by atoms with E-state index >= 15 is 0 Å². The number of rotatable bonds is 3. The first-order chi connectivity index (χ1) is 7.31. The number of fused-ring (bicyclic) bond motifs is 1. The van der Waals surface area contributed by atoms with Crippen molar-refractivity contribution in [3.05, 3.63) is 41.0 Å². The molecule has 0 aromatic heterocycles. The summed E-state index contributed by atoms with van der Waals surface area (Å²) in [5.41, 5.74) is 2.81. The molecule has 1 aromatic rings. The number of alkyl halides is 1. The van der Waals surface area contributed by atoms with Crippen LogP contribution in [0.2, 0.25) is 0 Å². The minimum absolute atomic E-state index is 0.207. The van der Waals surface area contributed by atoms with Gasteiger partial charge in [-0.05, 0) is 24.1 Å². The van der Waals surface area contributed by atoms with E-state index < -0.39 is 0 Å². The second kappa shape index (κ2) is 4.62. The first-order valence-corrected chi connectivity index (χ1v) is 5.96. The molecule has 0 saturated heterocycles. The predicted molar refractivity (Wildman–Crippen MR) is 63.0 cm³/mol. The van der Waals surface area contributed by atoms with Crippen LogP contribution in [-0.4, -0.2) is 11.3 Å². The molecule has 1 heterocycles. The predicted octanol–water partition coefficient (Wildman–Crippen LogP) is 3.16. The molecule has 0 radical (unpaired) electrons. The van der Waals surface area contributed by atoms with E-state index in [1.165, 1.54) is 0 Å². The Morgan fingerprint density at radius 1 is 1.47 bits per heavy atom. The van der Waals surface area contributed by atoms with E-state index in [1.807, 2.05) is 18.2 Å². The lowest BCUT2D eigenvalue weighted by Crippen LogP contribution is -1.92. The fraction of sp³-hybridized carbons (Fsp3) is 0.250. The van der Waals surface area contributed by atoms with Crippen LogP contribution in [-0.2, 0) is 11.3 Å². The Hall–Kier alpha value is -1.09. The second-order valence-electron chi connectivity index (χ2n) is 3.37. The normalized spacial score (nSPS) is 14.3. The molecule has 2 nitrogen and oxygen atoms in total. The molecule has 1 aliphatic heterocycles. The summed E-state index contributed by atoms with van der Waals surface area (Å²) in [6.45, 7) is 0.411. The number of esters is 1. The van der Waals surface area contributed by atoms with E-state index in [9.17, 15) is 4.79 Å². The number of hydrogen-bond donors (Lipinski definition) is 0. The number of halogens is 1. The molecular formula is C12H11BrO2. The molecule has 0 N–H and O–H groups in total. The van der Waals surface area contributed by atoms with Crippen molar-refractivity contribution in [2.24, 2.45) is 0 Å². The van der Waals surface area contributed by atoms with E-state index in [4.69, 9.17) is 4.74 Å². The molecule has 1 aliphatic rings. The SMILES string of the molecule is O=C1OCc2cc(C=CCCBr)ccc21. The Morgan fingerprint density at radius 2 is 2.33 bits per heavy atom. The van der Waals surface area contributed by atoms with Crippen LogP contribution in [0, 0.1) is 0 Å². The van der Waals surface area contributed by atoms with Crippen molar-refractivity contribution in [2.75, 3.05) is 5.33 Å². The van der Waals surface area contributed by atoms with Crippen LogP contribution < -0.4 is 0 Å². The van der Waals surface area contributed by atoms with Crippen LogP contribution in [0.1, 0.15) is 27.9 Å². The zero-order valence-electron chi connectivity index (χ0n) is 8.20. The number of ether oxygens (including phenoxy) is 1. The van der Waals surface area contributed by atoms with Gasteiger partial charge in [-0.25, -0.2) is 4.79 Å². The summed E-state index contributed by atoms with van der Waals surface area (Å²) in [6, 6.07) is 5.78. The Balaban J connectivity index is 2.19. The van der Waals surface area contributed by atoms with E-state index in [0.29, 0.717) is 12.2 Å². The van der Waals surface area contributed by atoms with Gasteiger partial charge in [0.1, 0.15) is 6.61 Å².